The van der Waals surface area contributed by atoms with Crippen LogP contribution < -0.4 is 21.3 Å². The number of fused-ring (bicyclic) bond motifs is 1. The first-order valence-electron chi connectivity index (χ1n) is 18.1. The first-order valence-corrected chi connectivity index (χ1v) is 19.1. The SMILES string of the molecule is CC.CC.CC.N=Cc1ccc(C(=O)NCCCOCCOCCOCCCNC(=O)CCCCCC2SCC3NCC(=O)NC32)cc1. The molecule has 276 valence electrons. The van der Waals surface area contributed by atoms with Gasteiger partial charge >= 0.3 is 0 Å². The molecule has 48 heavy (non-hydrogen) atoms. The fraction of sp³-hybridized carbons (Fsp3) is 0.722. The molecule has 2 fully saturated rings. The molecule has 0 spiro atoms. The first kappa shape index (κ1) is 45.5. The molecule has 3 unspecified atom stereocenters. The third kappa shape index (κ3) is 20.8. The largest absolute Gasteiger partial charge is 0.379 e. The smallest absolute Gasteiger partial charge is 0.251 e. The summed E-state index contributed by atoms with van der Waals surface area (Å²) in [7, 11) is 0. The predicted molar refractivity (Wildman–Crippen MR) is 198 cm³/mol. The Morgan fingerprint density at radius 1 is 0.833 bits per heavy atom. The van der Waals surface area contributed by atoms with Crippen molar-refractivity contribution in [3.8, 4) is 0 Å². The third-order valence-corrected chi connectivity index (χ3v) is 8.70. The highest BCUT2D eigenvalue weighted by atomic mass is 32.2. The van der Waals surface area contributed by atoms with E-state index in [1.54, 1.807) is 24.3 Å². The average molecular weight is 696 g/mol. The van der Waals surface area contributed by atoms with Gasteiger partial charge in [0, 0.05) is 61.5 Å². The lowest BCUT2D eigenvalue weighted by Gasteiger charge is -2.30. The lowest BCUT2D eigenvalue weighted by molar-refractivity contribution is -0.123. The van der Waals surface area contributed by atoms with E-state index in [1.807, 2.05) is 53.3 Å². The normalized spacial score (nSPS) is 17.5. The number of ether oxygens (including phenoxy) is 3. The van der Waals surface area contributed by atoms with Crippen LogP contribution in [0.5, 0.6) is 0 Å². The zero-order chi connectivity index (χ0) is 35.8. The van der Waals surface area contributed by atoms with E-state index >= 15 is 0 Å². The lowest BCUT2D eigenvalue weighted by atomic mass is 9.99. The molecule has 3 rings (SSSR count). The highest BCUT2D eigenvalue weighted by Gasteiger charge is 2.39. The number of carbonyl (C=O) groups is 3. The van der Waals surface area contributed by atoms with Gasteiger partial charge in [-0.1, -0.05) is 66.5 Å². The van der Waals surface area contributed by atoms with Crippen LogP contribution in [0.4, 0.5) is 0 Å². The summed E-state index contributed by atoms with van der Waals surface area (Å²) in [6.45, 7) is 16.7. The van der Waals surface area contributed by atoms with Crippen molar-refractivity contribution in [2.45, 2.75) is 104 Å². The summed E-state index contributed by atoms with van der Waals surface area (Å²) in [5.74, 6) is 1.11. The van der Waals surface area contributed by atoms with Gasteiger partial charge in [-0.25, -0.2) is 0 Å². The van der Waals surface area contributed by atoms with Crippen LogP contribution in [0, 0.1) is 5.41 Å². The number of nitrogens with one attached hydrogen (secondary N) is 5. The molecule has 0 radical (unpaired) electrons. The third-order valence-electron chi connectivity index (χ3n) is 7.19. The standard InChI is InChI=1S/C30H47N5O6S.3C2H6/c31-20-23-8-10-24(11-9-23)30(38)33-13-5-15-40-17-19-41-18-16-39-14-4-12-32-27(36)7-3-1-2-6-26-29-25(22-42-26)34-21-28(37)35-29;3*1-2/h8-11,20,25-26,29,31,34H,1-7,12-19,21-22H2,(H,32,36)(H,33,38)(H,35,37);3*1-2H3. The molecule has 2 aliphatic heterocycles. The molecule has 2 aliphatic rings. The number of rotatable bonds is 22. The number of hydrogen-bond donors (Lipinski definition) is 5. The predicted octanol–water partition coefficient (Wildman–Crippen LogP) is 4.96. The fourth-order valence-electron chi connectivity index (χ4n) is 4.85. The molecule has 3 amide bonds. The number of thioether (sulfide) groups is 1. The van der Waals surface area contributed by atoms with Crippen LogP contribution >= 0.6 is 11.8 Å². The molecule has 12 heteroatoms. The van der Waals surface area contributed by atoms with Gasteiger partial charge in [0.05, 0.1) is 39.0 Å². The molecule has 5 N–H and O–H groups in total. The summed E-state index contributed by atoms with van der Waals surface area (Å²) < 4.78 is 16.6. The van der Waals surface area contributed by atoms with Crippen molar-refractivity contribution in [2.24, 2.45) is 0 Å². The van der Waals surface area contributed by atoms with Gasteiger partial charge in [-0.05, 0) is 43.4 Å². The minimum absolute atomic E-state index is 0.0919. The Morgan fingerprint density at radius 3 is 2.02 bits per heavy atom. The van der Waals surface area contributed by atoms with Gasteiger partial charge in [-0.3, -0.25) is 14.4 Å². The Bertz CT molecular complexity index is 969. The zero-order valence-electron chi connectivity index (χ0n) is 30.5. The van der Waals surface area contributed by atoms with Crippen LogP contribution in [-0.4, -0.2) is 106 Å². The van der Waals surface area contributed by atoms with E-state index in [0.29, 0.717) is 89.0 Å². The van der Waals surface area contributed by atoms with E-state index in [1.165, 1.54) is 6.21 Å². The highest BCUT2D eigenvalue weighted by Crippen LogP contribution is 2.32. The van der Waals surface area contributed by atoms with Crippen molar-refractivity contribution in [1.29, 1.82) is 5.41 Å². The maximum atomic E-state index is 12.1. The summed E-state index contributed by atoms with van der Waals surface area (Å²) in [5, 5.41) is 19.9. The monoisotopic (exact) mass is 695 g/mol. The molecule has 0 bridgehead atoms. The Balaban J connectivity index is 0.00000348. The molecule has 3 atom stereocenters. The molecule has 0 aromatic heterocycles. The number of benzene rings is 1. The zero-order valence-corrected chi connectivity index (χ0v) is 31.3. The molecular weight excluding hydrogens is 630 g/mol. The number of hydrogen-bond acceptors (Lipinski definition) is 9. The number of unbranched alkanes of at least 4 members (excludes halogenated alkanes) is 2. The minimum Gasteiger partial charge on any atom is -0.379 e. The lowest BCUT2D eigenvalue weighted by Crippen LogP contribution is -2.60. The van der Waals surface area contributed by atoms with Crippen LogP contribution in [-0.2, 0) is 23.8 Å². The minimum atomic E-state index is -0.133. The van der Waals surface area contributed by atoms with E-state index in [0.717, 1.165) is 43.4 Å². The maximum Gasteiger partial charge on any atom is 0.251 e. The molecule has 11 nitrogen and oxygen atoms in total. The molecule has 2 heterocycles. The van der Waals surface area contributed by atoms with Gasteiger partial charge in [-0.2, -0.15) is 11.8 Å². The molecule has 0 aliphatic carbocycles. The van der Waals surface area contributed by atoms with Crippen LogP contribution in [0.15, 0.2) is 24.3 Å². The van der Waals surface area contributed by atoms with Gasteiger partial charge in [-0.15, -0.1) is 0 Å². The maximum absolute atomic E-state index is 12.1. The van der Waals surface area contributed by atoms with Crippen LogP contribution in [0.3, 0.4) is 0 Å². The molecular formula is C36H65N5O6S. The Labute approximate surface area is 294 Å². The van der Waals surface area contributed by atoms with Crippen molar-refractivity contribution in [2.75, 3.05) is 65.0 Å². The van der Waals surface area contributed by atoms with E-state index < -0.39 is 0 Å². The Hall–Kier alpha value is -2.51. The van der Waals surface area contributed by atoms with Gasteiger partial charge in [0.25, 0.3) is 5.91 Å². The van der Waals surface area contributed by atoms with Crippen molar-refractivity contribution >= 4 is 35.7 Å². The van der Waals surface area contributed by atoms with Crippen molar-refractivity contribution in [3.05, 3.63) is 35.4 Å². The number of carbonyl (C=O) groups excluding carboxylic acids is 3. The fourth-order valence-corrected chi connectivity index (χ4v) is 6.42. The molecule has 2 saturated heterocycles. The van der Waals surface area contributed by atoms with Crippen LogP contribution in [0.25, 0.3) is 0 Å². The van der Waals surface area contributed by atoms with Crippen molar-refractivity contribution in [3.63, 3.8) is 0 Å². The van der Waals surface area contributed by atoms with Gasteiger partial charge in [0.1, 0.15) is 0 Å². The van der Waals surface area contributed by atoms with Crippen LogP contribution in [0.1, 0.15) is 102 Å². The van der Waals surface area contributed by atoms with Gasteiger partial charge in [0.2, 0.25) is 11.8 Å². The summed E-state index contributed by atoms with van der Waals surface area (Å²) >= 11 is 1.95. The molecule has 1 aromatic carbocycles. The topological polar surface area (TPSA) is 151 Å². The summed E-state index contributed by atoms with van der Waals surface area (Å²) in [6.07, 6.45) is 7.35. The second-order valence-corrected chi connectivity index (χ2v) is 11.7. The number of amides is 3. The summed E-state index contributed by atoms with van der Waals surface area (Å²) in [6, 6.07) is 7.54. The second kappa shape index (κ2) is 31.7. The first-order chi connectivity index (χ1) is 23.6. The molecule has 1 aromatic rings. The van der Waals surface area contributed by atoms with Crippen molar-refractivity contribution in [1.82, 2.24) is 21.3 Å². The Morgan fingerprint density at radius 2 is 1.42 bits per heavy atom. The second-order valence-electron chi connectivity index (χ2n) is 10.5. The number of piperazine rings is 1. The van der Waals surface area contributed by atoms with E-state index in [-0.39, 0.29) is 23.8 Å². The summed E-state index contributed by atoms with van der Waals surface area (Å²) in [5.41, 5.74) is 1.34. The van der Waals surface area contributed by atoms with Gasteiger partial charge < -0.3 is 40.9 Å². The quantitative estimate of drug-likeness (QED) is 0.0844. The van der Waals surface area contributed by atoms with Crippen LogP contribution in [0.2, 0.25) is 0 Å². The summed E-state index contributed by atoms with van der Waals surface area (Å²) in [4.78, 5) is 35.7. The van der Waals surface area contributed by atoms with Crippen molar-refractivity contribution < 1.29 is 28.6 Å². The molecule has 0 saturated carbocycles. The highest BCUT2D eigenvalue weighted by molar-refractivity contribution is 8.00. The van der Waals surface area contributed by atoms with Gasteiger partial charge in [0.15, 0.2) is 0 Å². The Kier molecular flexibility index (Phi) is 30.1. The van der Waals surface area contributed by atoms with E-state index in [9.17, 15) is 14.4 Å². The average Bonchev–Trinajstić information content (AvgIpc) is 3.53. The van der Waals surface area contributed by atoms with E-state index in [2.05, 4.69) is 21.3 Å². The van der Waals surface area contributed by atoms with E-state index in [4.69, 9.17) is 19.6 Å².